The molecule has 1 aliphatic carbocycles. The van der Waals surface area contributed by atoms with Gasteiger partial charge in [0.2, 0.25) is 23.0 Å². The van der Waals surface area contributed by atoms with E-state index in [4.69, 9.17) is 37.9 Å². The average Bonchev–Trinajstić information content (AvgIpc) is 3.56. The largest absolute Gasteiger partial charge is 0.490 e. The maximum Gasteiger partial charge on any atom is 0.338 e. The van der Waals surface area contributed by atoms with E-state index in [-0.39, 0.29) is 58.9 Å². The summed E-state index contributed by atoms with van der Waals surface area (Å²) in [7, 11) is 0. The Hall–Kier alpha value is -5.90. The third kappa shape index (κ3) is 9.54. The molecule has 0 fully saturated rings. The number of fused-ring (bicyclic) bond motifs is 3. The van der Waals surface area contributed by atoms with Gasteiger partial charge in [0.15, 0.2) is 23.0 Å². The summed E-state index contributed by atoms with van der Waals surface area (Å²) in [4.78, 5) is 26.9. The Kier molecular flexibility index (Phi) is 16.3. The number of carbonyl (C=O) groups is 2. The van der Waals surface area contributed by atoms with Gasteiger partial charge in [-0.25, -0.2) is 9.59 Å². The predicted molar refractivity (Wildman–Crippen MR) is 239 cm³/mol. The molecule has 0 saturated carbocycles. The molecular weight excluding hydrogens is 773 g/mol. The van der Waals surface area contributed by atoms with Gasteiger partial charge < -0.3 is 37.9 Å². The molecule has 0 N–H and O–H groups in total. The smallest absolute Gasteiger partial charge is 0.338 e. The van der Waals surface area contributed by atoms with Crippen LogP contribution in [0, 0.1) is 0 Å². The first-order valence-corrected chi connectivity index (χ1v) is 21.7. The Bertz CT molecular complexity index is 2050. The van der Waals surface area contributed by atoms with Crippen molar-refractivity contribution in [1.82, 2.24) is 0 Å². The highest BCUT2D eigenvalue weighted by atomic mass is 16.6. The molecule has 0 saturated heterocycles. The number of hydrogen-bond donors (Lipinski definition) is 0. The Morgan fingerprint density at radius 2 is 0.754 bits per heavy atom. The van der Waals surface area contributed by atoms with E-state index in [1.54, 1.807) is 13.8 Å². The van der Waals surface area contributed by atoms with E-state index < -0.39 is 17.4 Å². The Morgan fingerprint density at radius 1 is 0.443 bits per heavy atom. The molecule has 0 bridgehead atoms. The van der Waals surface area contributed by atoms with Crippen LogP contribution in [0.5, 0.6) is 46.0 Å². The Morgan fingerprint density at radius 3 is 1.08 bits per heavy atom. The zero-order chi connectivity index (χ0) is 44.1. The van der Waals surface area contributed by atoms with Crippen LogP contribution < -0.4 is 37.9 Å². The van der Waals surface area contributed by atoms with E-state index in [1.807, 2.05) is 77.9 Å². The van der Waals surface area contributed by atoms with Crippen molar-refractivity contribution in [3.63, 3.8) is 0 Å². The summed E-state index contributed by atoms with van der Waals surface area (Å²) in [6, 6.07) is 20.3. The van der Waals surface area contributed by atoms with Gasteiger partial charge in [-0.3, -0.25) is 0 Å². The lowest BCUT2D eigenvalue weighted by Gasteiger charge is -2.38. The zero-order valence-corrected chi connectivity index (χ0v) is 37.3. The number of hydrogen-bond acceptors (Lipinski definition) is 10. The van der Waals surface area contributed by atoms with Gasteiger partial charge >= 0.3 is 11.9 Å². The van der Waals surface area contributed by atoms with Crippen LogP contribution in [0.2, 0.25) is 0 Å². The molecule has 0 amide bonds. The molecule has 0 aliphatic heterocycles. The average molecular weight is 835 g/mol. The zero-order valence-electron chi connectivity index (χ0n) is 37.3. The van der Waals surface area contributed by atoms with Gasteiger partial charge in [-0.1, -0.05) is 103 Å². The summed E-state index contributed by atoms with van der Waals surface area (Å²) in [5.74, 6) is 0.688. The summed E-state index contributed by atoms with van der Waals surface area (Å²) < 4.78 is 52.4. The normalized spacial score (nSPS) is 12.1. The second kappa shape index (κ2) is 21.6. The lowest BCUT2D eigenvalue weighted by molar-refractivity contribution is -0.131. The second-order valence-corrected chi connectivity index (χ2v) is 15.1. The SMILES string of the molecule is C=C(C)C(=O)Oc1c(OCCC)cc(C2(c3cc(OCCC)c(OC(=O)C(=C)C)c(OCCC)c3OCCC)c3ccccc3-c3ccccc32)c(OCCC)c1OCCC. The van der Waals surface area contributed by atoms with Crippen molar-refractivity contribution in [3.05, 3.63) is 107 Å². The van der Waals surface area contributed by atoms with Crippen molar-refractivity contribution in [2.24, 2.45) is 0 Å². The molecule has 0 heterocycles. The van der Waals surface area contributed by atoms with E-state index >= 15 is 0 Å². The second-order valence-electron chi connectivity index (χ2n) is 15.1. The molecular formula is C51H62O10. The number of esters is 2. The van der Waals surface area contributed by atoms with E-state index in [1.165, 1.54) is 0 Å². The molecule has 61 heavy (non-hydrogen) atoms. The third-order valence-corrected chi connectivity index (χ3v) is 9.88. The standard InChI is InChI=1S/C51H62O10/c1-11-25-54-41-31-39(43(56-27-13-3)47(58-29-15-5)45(41)60-49(52)33(7)8)51(37-23-19-17-21-35(37)36-22-18-20-24-38(36)51)40-32-42(55-26-12-2)46(61-50(53)34(9)10)48(59-30-16-6)44(40)57-28-14-4/h17-24,31-32H,7,9,11-16,25-30H2,1-6,8,10H3. The highest BCUT2D eigenvalue weighted by Gasteiger charge is 2.52. The Balaban J connectivity index is 2.13. The van der Waals surface area contributed by atoms with Gasteiger partial charge in [0, 0.05) is 22.3 Å². The highest BCUT2D eigenvalue weighted by Crippen LogP contribution is 2.65. The molecule has 0 unspecified atom stereocenters. The molecule has 4 aromatic rings. The van der Waals surface area contributed by atoms with Gasteiger partial charge in [0.1, 0.15) is 0 Å². The summed E-state index contributed by atoms with van der Waals surface area (Å²) in [6.45, 7) is 24.8. The Labute approximate surface area is 361 Å². The summed E-state index contributed by atoms with van der Waals surface area (Å²) in [6.07, 6.45) is 3.99. The van der Waals surface area contributed by atoms with E-state index in [2.05, 4.69) is 37.4 Å². The minimum absolute atomic E-state index is 0.0999. The van der Waals surface area contributed by atoms with Gasteiger partial charge in [-0.2, -0.15) is 0 Å². The fourth-order valence-corrected chi connectivity index (χ4v) is 7.27. The first-order valence-electron chi connectivity index (χ1n) is 21.7. The number of rotatable bonds is 24. The fraction of sp³-hybridized carbons (Fsp3) is 0.412. The van der Waals surface area contributed by atoms with E-state index in [9.17, 15) is 9.59 Å². The first kappa shape index (κ1) is 46.2. The molecule has 0 aromatic heterocycles. The molecule has 10 nitrogen and oxygen atoms in total. The molecule has 5 rings (SSSR count). The summed E-state index contributed by atoms with van der Waals surface area (Å²) in [5.41, 5.74) is 4.21. The molecule has 1 aliphatic rings. The molecule has 326 valence electrons. The fourth-order valence-electron chi connectivity index (χ4n) is 7.27. The summed E-state index contributed by atoms with van der Waals surface area (Å²) in [5, 5.41) is 0. The van der Waals surface area contributed by atoms with Crippen LogP contribution in [-0.4, -0.2) is 51.6 Å². The van der Waals surface area contributed by atoms with Crippen LogP contribution in [0.3, 0.4) is 0 Å². The molecule has 0 radical (unpaired) electrons. The van der Waals surface area contributed by atoms with Crippen LogP contribution in [0.15, 0.2) is 85.0 Å². The van der Waals surface area contributed by atoms with Gasteiger partial charge in [-0.05, 0) is 86.8 Å². The predicted octanol–water partition coefficient (Wildman–Crippen LogP) is 11.7. The van der Waals surface area contributed by atoms with Crippen molar-refractivity contribution in [2.45, 2.75) is 99.3 Å². The van der Waals surface area contributed by atoms with Crippen LogP contribution >= 0.6 is 0 Å². The van der Waals surface area contributed by atoms with Gasteiger partial charge in [0.25, 0.3) is 0 Å². The number of benzene rings is 4. The first-order chi connectivity index (χ1) is 29.5. The lowest BCUT2D eigenvalue weighted by Crippen LogP contribution is -2.31. The minimum atomic E-state index is -1.27. The van der Waals surface area contributed by atoms with Crippen LogP contribution in [0.25, 0.3) is 11.1 Å². The molecule has 0 atom stereocenters. The van der Waals surface area contributed by atoms with Crippen molar-refractivity contribution in [2.75, 3.05) is 39.6 Å². The van der Waals surface area contributed by atoms with Crippen molar-refractivity contribution in [1.29, 1.82) is 0 Å². The minimum Gasteiger partial charge on any atom is -0.490 e. The summed E-state index contributed by atoms with van der Waals surface area (Å²) >= 11 is 0. The van der Waals surface area contributed by atoms with E-state index in [0.717, 1.165) is 22.3 Å². The highest BCUT2D eigenvalue weighted by molar-refractivity contribution is 5.93. The lowest BCUT2D eigenvalue weighted by atomic mass is 9.66. The number of carbonyl (C=O) groups excluding carboxylic acids is 2. The monoisotopic (exact) mass is 834 g/mol. The molecule has 4 aromatic carbocycles. The van der Waals surface area contributed by atoms with E-state index in [0.29, 0.717) is 87.6 Å². The third-order valence-electron chi connectivity index (χ3n) is 9.88. The van der Waals surface area contributed by atoms with Crippen LogP contribution in [0.4, 0.5) is 0 Å². The molecule has 0 spiro atoms. The van der Waals surface area contributed by atoms with Gasteiger partial charge in [-0.15, -0.1) is 0 Å². The van der Waals surface area contributed by atoms with Crippen molar-refractivity contribution < 1.29 is 47.5 Å². The topological polar surface area (TPSA) is 108 Å². The maximum absolute atomic E-state index is 13.4. The van der Waals surface area contributed by atoms with Crippen LogP contribution in [-0.2, 0) is 15.0 Å². The van der Waals surface area contributed by atoms with Gasteiger partial charge in [0.05, 0.1) is 45.1 Å². The quantitative estimate of drug-likeness (QED) is 0.0339. The number of ether oxygens (including phenoxy) is 8. The maximum atomic E-state index is 13.4. The van der Waals surface area contributed by atoms with Crippen molar-refractivity contribution >= 4 is 11.9 Å². The van der Waals surface area contributed by atoms with Crippen LogP contribution in [0.1, 0.15) is 116 Å². The molecule has 10 heteroatoms. The van der Waals surface area contributed by atoms with Crippen molar-refractivity contribution in [3.8, 4) is 57.1 Å².